The van der Waals surface area contributed by atoms with Crippen LogP contribution in [-0.4, -0.2) is 35.5 Å². The number of rotatable bonds is 7. The molecule has 4 nitrogen and oxygen atoms in total. The van der Waals surface area contributed by atoms with Crippen molar-refractivity contribution >= 4 is 0 Å². The standard InChI is InChI=1S/C11H16F3N3O/c12-11(13,14)7-18-4-3-15-5-10-6-16-8-17(10)9-1-2-9/h6,8-9,15H,1-5,7H2. The Balaban J connectivity index is 1.59. The van der Waals surface area contributed by atoms with Gasteiger partial charge in [0.1, 0.15) is 6.61 Å². The Morgan fingerprint density at radius 3 is 2.89 bits per heavy atom. The van der Waals surface area contributed by atoms with Gasteiger partial charge in [0.25, 0.3) is 0 Å². The maximum Gasteiger partial charge on any atom is 0.411 e. The second kappa shape index (κ2) is 5.71. The first-order valence-corrected chi connectivity index (χ1v) is 5.92. The van der Waals surface area contributed by atoms with E-state index in [-0.39, 0.29) is 6.61 Å². The predicted octanol–water partition coefficient (Wildman–Crippen LogP) is 1.89. The second-order valence-corrected chi connectivity index (χ2v) is 4.37. The summed E-state index contributed by atoms with van der Waals surface area (Å²) < 4.78 is 42.0. The smallest absolute Gasteiger partial charge is 0.371 e. The van der Waals surface area contributed by atoms with Crippen LogP contribution in [0.1, 0.15) is 24.6 Å². The van der Waals surface area contributed by atoms with E-state index in [0.717, 1.165) is 5.69 Å². The monoisotopic (exact) mass is 263 g/mol. The van der Waals surface area contributed by atoms with E-state index in [1.54, 1.807) is 12.5 Å². The van der Waals surface area contributed by atoms with E-state index in [9.17, 15) is 13.2 Å². The number of hydrogen-bond donors (Lipinski definition) is 1. The van der Waals surface area contributed by atoms with E-state index in [1.165, 1.54) is 12.8 Å². The number of hydrogen-bond acceptors (Lipinski definition) is 3. The summed E-state index contributed by atoms with van der Waals surface area (Å²) in [6.07, 6.45) is 1.69. The third-order valence-corrected chi connectivity index (χ3v) is 2.68. The first-order valence-electron chi connectivity index (χ1n) is 5.92. The lowest BCUT2D eigenvalue weighted by molar-refractivity contribution is -0.173. The highest BCUT2D eigenvalue weighted by atomic mass is 19.4. The zero-order valence-electron chi connectivity index (χ0n) is 9.91. The van der Waals surface area contributed by atoms with Crippen LogP contribution in [0.3, 0.4) is 0 Å². The normalized spacial score (nSPS) is 16.2. The Labute approximate surface area is 103 Å². The summed E-state index contributed by atoms with van der Waals surface area (Å²) in [6.45, 7) is -0.135. The average molecular weight is 263 g/mol. The van der Waals surface area contributed by atoms with Gasteiger partial charge in [-0.15, -0.1) is 0 Å². The van der Waals surface area contributed by atoms with Gasteiger partial charge in [0.05, 0.1) is 18.6 Å². The van der Waals surface area contributed by atoms with Crippen LogP contribution in [0.5, 0.6) is 0 Å². The van der Waals surface area contributed by atoms with Crippen molar-refractivity contribution in [2.24, 2.45) is 0 Å². The van der Waals surface area contributed by atoms with E-state index in [2.05, 4.69) is 19.6 Å². The summed E-state index contributed by atoms with van der Waals surface area (Å²) in [5, 5.41) is 3.04. The molecule has 0 atom stereocenters. The Kier molecular flexibility index (Phi) is 4.23. The number of halogens is 3. The highest BCUT2D eigenvalue weighted by Gasteiger charge is 2.27. The lowest BCUT2D eigenvalue weighted by atomic mass is 10.4. The molecule has 0 bridgehead atoms. The minimum Gasteiger partial charge on any atom is -0.371 e. The maximum absolute atomic E-state index is 11.8. The zero-order valence-corrected chi connectivity index (χ0v) is 9.91. The number of aromatic nitrogens is 2. The molecule has 1 N–H and O–H groups in total. The van der Waals surface area contributed by atoms with Crippen LogP contribution < -0.4 is 5.32 Å². The first kappa shape index (κ1) is 13.4. The summed E-state index contributed by atoms with van der Waals surface area (Å²) in [7, 11) is 0. The van der Waals surface area contributed by atoms with Crippen molar-refractivity contribution in [3.63, 3.8) is 0 Å². The van der Waals surface area contributed by atoms with Crippen LogP contribution in [0.4, 0.5) is 13.2 Å². The van der Waals surface area contributed by atoms with Crippen LogP contribution in [0.2, 0.25) is 0 Å². The van der Waals surface area contributed by atoms with Gasteiger partial charge in [0.2, 0.25) is 0 Å². The topological polar surface area (TPSA) is 39.1 Å². The molecule has 0 aliphatic heterocycles. The lowest BCUT2D eigenvalue weighted by Gasteiger charge is -2.09. The minimum absolute atomic E-state index is 0.0527. The fraction of sp³-hybridized carbons (Fsp3) is 0.727. The molecular formula is C11H16F3N3O. The van der Waals surface area contributed by atoms with E-state index in [4.69, 9.17) is 0 Å². The predicted molar refractivity (Wildman–Crippen MR) is 59.1 cm³/mol. The molecule has 0 amide bonds. The molecule has 1 aliphatic carbocycles. The maximum atomic E-state index is 11.8. The van der Waals surface area contributed by atoms with E-state index in [1.807, 2.05) is 0 Å². The van der Waals surface area contributed by atoms with E-state index in [0.29, 0.717) is 19.1 Å². The van der Waals surface area contributed by atoms with Gasteiger partial charge in [-0.25, -0.2) is 4.98 Å². The Morgan fingerprint density at radius 2 is 2.22 bits per heavy atom. The molecule has 0 unspecified atom stereocenters. The zero-order chi connectivity index (χ0) is 13.0. The third kappa shape index (κ3) is 4.30. The summed E-state index contributed by atoms with van der Waals surface area (Å²) in [5.74, 6) is 0. The number of imidazole rings is 1. The van der Waals surface area contributed by atoms with Crippen molar-refractivity contribution in [2.75, 3.05) is 19.8 Å². The largest absolute Gasteiger partial charge is 0.411 e. The van der Waals surface area contributed by atoms with Gasteiger partial charge in [0.15, 0.2) is 0 Å². The molecule has 1 fully saturated rings. The molecule has 102 valence electrons. The third-order valence-electron chi connectivity index (χ3n) is 2.68. The molecule has 1 heterocycles. The molecule has 18 heavy (non-hydrogen) atoms. The average Bonchev–Trinajstić information content (AvgIpc) is 3.02. The Bertz CT molecular complexity index is 374. The van der Waals surface area contributed by atoms with Crippen LogP contribution in [-0.2, 0) is 11.3 Å². The molecule has 1 aromatic rings. The van der Waals surface area contributed by atoms with Gasteiger partial charge in [-0.05, 0) is 12.8 Å². The molecule has 1 saturated carbocycles. The minimum atomic E-state index is -4.25. The molecule has 0 spiro atoms. The van der Waals surface area contributed by atoms with Crippen molar-refractivity contribution in [3.05, 3.63) is 18.2 Å². The van der Waals surface area contributed by atoms with Gasteiger partial charge in [-0.1, -0.05) is 0 Å². The summed E-state index contributed by atoms with van der Waals surface area (Å²) in [5.41, 5.74) is 1.06. The highest BCUT2D eigenvalue weighted by molar-refractivity contribution is 5.03. The van der Waals surface area contributed by atoms with Crippen molar-refractivity contribution in [1.29, 1.82) is 0 Å². The summed E-state index contributed by atoms with van der Waals surface area (Å²) in [6, 6.07) is 0.561. The molecule has 0 saturated heterocycles. The van der Waals surface area contributed by atoms with Crippen molar-refractivity contribution in [3.8, 4) is 0 Å². The summed E-state index contributed by atoms with van der Waals surface area (Å²) in [4.78, 5) is 4.07. The second-order valence-electron chi connectivity index (χ2n) is 4.37. The molecule has 0 radical (unpaired) electrons. The van der Waals surface area contributed by atoms with Crippen molar-refractivity contribution in [1.82, 2.24) is 14.9 Å². The quantitative estimate of drug-likeness (QED) is 0.763. The van der Waals surface area contributed by atoms with Crippen LogP contribution in [0, 0.1) is 0 Å². The van der Waals surface area contributed by atoms with Gasteiger partial charge in [-0.3, -0.25) is 0 Å². The van der Waals surface area contributed by atoms with Gasteiger partial charge in [-0.2, -0.15) is 13.2 Å². The van der Waals surface area contributed by atoms with Crippen molar-refractivity contribution in [2.45, 2.75) is 31.6 Å². The number of nitrogens with zero attached hydrogens (tertiary/aromatic N) is 2. The number of nitrogens with one attached hydrogen (secondary N) is 1. The summed E-state index contributed by atoms with van der Waals surface area (Å²) >= 11 is 0. The molecule has 1 aliphatic rings. The fourth-order valence-electron chi connectivity index (χ4n) is 1.70. The molecule has 0 aromatic carbocycles. The highest BCUT2D eigenvalue weighted by Crippen LogP contribution is 2.35. The Morgan fingerprint density at radius 1 is 1.44 bits per heavy atom. The van der Waals surface area contributed by atoms with Crippen molar-refractivity contribution < 1.29 is 17.9 Å². The lowest BCUT2D eigenvalue weighted by Crippen LogP contribution is -2.24. The number of alkyl halides is 3. The van der Waals surface area contributed by atoms with Crippen LogP contribution >= 0.6 is 0 Å². The van der Waals surface area contributed by atoms with E-state index < -0.39 is 12.8 Å². The van der Waals surface area contributed by atoms with Gasteiger partial charge >= 0.3 is 6.18 Å². The van der Waals surface area contributed by atoms with Gasteiger partial charge < -0.3 is 14.6 Å². The Hall–Kier alpha value is -1.08. The molecule has 7 heteroatoms. The van der Waals surface area contributed by atoms with E-state index >= 15 is 0 Å². The molecular weight excluding hydrogens is 247 g/mol. The van der Waals surface area contributed by atoms with Crippen LogP contribution in [0.25, 0.3) is 0 Å². The van der Waals surface area contributed by atoms with Gasteiger partial charge in [0, 0.05) is 25.3 Å². The first-order chi connectivity index (χ1) is 8.56. The fourth-order valence-corrected chi connectivity index (χ4v) is 1.70. The van der Waals surface area contributed by atoms with Crippen LogP contribution in [0.15, 0.2) is 12.5 Å². The number of ether oxygens (including phenoxy) is 1. The molecule has 2 rings (SSSR count). The SMILES string of the molecule is FC(F)(F)COCCNCc1cncn1C1CC1. The molecule has 1 aromatic heterocycles.